The van der Waals surface area contributed by atoms with Crippen LogP contribution in [0.15, 0.2) is 17.3 Å². The Morgan fingerprint density at radius 2 is 1.79 bits per heavy atom. The minimum Gasteiger partial charge on any atom is -0.506 e. The number of hydrogen-bond acceptors (Lipinski definition) is 3. The molecule has 0 atom stereocenters. The summed E-state index contributed by atoms with van der Waals surface area (Å²) < 4.78 is 0. The van der Waals surface area contributed by atoms with Gasteiger partial charge in [0.25, 0.3) is 0 Å². The Bertz CT molecular complexity index is 488. The number of rotatable bonds is 3. The normalized spacial score (nSPS) is 13.2. The number of aromatic hydroxyl groups is 1. The van der Waals surface area contributed by atoms with Gasteiger partial charge in [-0.2, -0.15) is 0 Å². The van der Waals surface area contributed by atoms with Crippen molar-refractivity contribution in [3.05, 3.63) is 28.3 Å². The average molecular weight is 284 g/mol. The molecule has 1 aromatic carbocycles. The molecule has 0 aliphatic rings. The van der Waals surface area contributed by atoms with Crippen molar-refractivity contribution in [1.82, 2.24) is 0 Å². The minimum atomic E-state index is -0.0896. The van der Waals surface area contributed by atoms with Gasteiger partial charge in [-0.1, -0.05) is 51.4 Å². The highest BCUT2D eigenvalue weighted by Gasteiger charge is 2.28. The molecule has 2 N–H and O–H groups in total. The zero-order chi connectivity index (χ0) is 14.8. The molecule has 0 saturated heterocycles. The van der Waals surface area contributed by atoms with Crippen LogP contribution in [0.1, 0.15) is 52.2 Å². The zero-order valence-corrected chi connectivity index (χ0v) is 12.9. The summed E-state index contributed by atoms with van der Waals surface area (Å²) in [6, 6.07) is 3.59. The molecule has 0 aromatic heterocycles. The van der Waals surface area contributed by atoms with Gasteiger partial charge in [0.05, 0.1) is 11.2 Å². The van der Waals surface area contributed by atoms with E-state index in [0.29, 0.717) is 5.56 Å². The lowest BCUT2D eigenvalue weighted by atomic mass is 9.72. The van der Waals surface area contributed by atoms with Crippen molar-refractivity contribution >= 4 is 17.8 Å². The second-order valence-electron chi connectivity index (χ2n) is 6.76. The summed E-state index contributed by atoms with van der Waals surface area (Å²) >= 11 is 6.04. The molecule has 0 aliphatic carbocycles. The highest BCUT2D eigenvalue weighted by atomic mass is 35.5. The van der Waals surface area contributed by atoms with Crippen molar-refractivity contribution in [2.24, 2.45) is 10.6 Å². The Balaban J connectivity index is 3.27. The molecule has 4 heteroatoms. The zero-order valence-electron chi connectivity index (χ0n) is 12.2. The maximum Gasteiger partial charge on any atom is 0.143 e. The Morgan fingerprint density at radius 1 is 1.21 bits per heavy atom. The first-order valence-corrected chi connectivity index (χ1v) is 6.65. The Kier molecular flexibility index (Phi) is 4.51. The first-order chi connectivity index (χ1) is 8.57. The number of benzene rings is 1. The number of phenols is 1. The van der Waals surface area contributed by atoms with Crippen molar-refractivity contribution in [3.63, 3.8) is 0 Å². The second kappa shape index (κ2) is 5.41. The molecular weight excluding hydrogens is 262 g/mol. The number of halogens is 1. The Morgan fingerprint density at radius 3 is 2.26 bits per heavy atom. The average Bonchev–Trinajstić information content (AvgIpc) is 2.21. The summed E-state index contributed by atoms with van der Waals surface area (Å²) in [5.74, 6) is -0.0604. The predicted molar refractivity (Wildman–Crippen MR) is 79.6 cm³/mol. The molecule has 106 valence electrons. The van der Waals surface area contributed by atoms with Crippen LogP contribution >= 0.6 is 11.6 Å². The third-order valence-corrected chi connectivity index (χ3v) is 3.33. The molecule has 0 heterocycles. The van der Waals surface area contributed by atoms with Crippen LogP contribution in [0, 0.1) is 5.41 Å². The minimum absolute atomic E-state index is 0.0604. The predicted octanol–water partition coefficient (Wildman–Crippen LogP) is 4.57. The van der Waals surface area contributed by atoms with Crippen molar-refractivity contribution in [1.29, 1.82) is 0 Å². The summed E-state index contributed by atoms with van der Waals surface area (Å²) in [6.07, 6.45) is 2.16. The van der Waals surface area contributed by atoms with Crippen molar-refractivity contribution in [3.8, 4) is 5.75 Å². The third-order valence-electron chi connectivity index (χ3n) is 3.04. The SMILES string of the molecule is CC(C)(C)CC(C)(C)c1cc(Cl)c(O)c(C=NO)c1. The first-order valence-electron chi connectivity index (χ1n) is 6.27. The number of oxime groups is 1. The van der Waals surface area contributed by atoms with Gasteiger partial charge in [0.1, 0.15) is 5.75 Å². The molecule has 0 radical (unpaired) electrons. The fourth-order valence-corrected chi connectivity index (χ4v) is 2.83. The van der Waals surface area contributed by atoms with E-state index in [1.165, 1.54) is 6.21 Å². The van der Waals surface area contributed by atoms with Crippen LogP contribution in [0.25, 0.3) is 0 Å². The van der Waals surface area contributed by atoms with Crippen LogP contribution in [-0.2, 0) is 5.41 Å². The lowest BCUT2D eigenvalue weighted by molar-refractivity contribution is 0.284. The Labute approximate surface area is 119 Å². The van der Waals surface area contributed by atoms with E-state index in [4.69, 9.17) is 16.8 Å². The number of hydrogen-bond donors (Lipinski definition) is 2. The van der Waals surface area contributed by atoms with Crippen LogP contribution in [0.3, 0.4) is 0 Å². The van der Waals surface area contributed by atoms with Crippen molar-refractivity contribution < 1.29 is 10.3 Å². The maximum atomic E-state index is 9.82. The molecule has 0 saturated carbocycles. The smallest absolute Gasteiger partial charge is 0.143 e. The van der Waals surface area contributed by atoms with E-state index in [2.05, 4.69) is 39.8 Å². The molecule has 19 heavy (non-hydrogen) atoms. The van der Waals surface area contributed by atoms with Crippen LogP contribution in [0.2, 0.25) is 5.02 Å². The van der Waals surface area contributed by atoms with E-state index >= 15 is 0 Å². The lowest BCUT2D eigenvalue weighted by Crippen LogP contribution is -2.25. The lowest BCUT2D eigenvalue weighted by Gasteiger charge is -2.33. The van der Waals surface area contributed by atoms with Gasteiger partial charge in [0.2, 0.25) is 0 Å². The van der Waals surface area contributed by atoms with E-state index in [0.717, 1.165) is 12.0 Å². The highest BCUT2D eigenvalue weighted by Crippen LogP contribution is 2.39. The fourth-order valence-electron chi connectivity index (χ4n) is 2.60. The van der Waals surface area contributed by atoms with E-state index < -0.39 is 0 Å². The molecule has 0 aliphatic heterocycles. The van der Waals surface area contributed by atoms with E-state index in [9.17, 15) is 5.11 Å². The monoisotopic (exact) mass is 283 g/mol. The van der Waals surface area contributed by atoms with E-state index in [1.54, 1.807) is 6.07 Å². The molecule has 0 spiro atoms. The summed E-state index contributed by atoms with van der Waals surface area (Å²) in [4.78, 5) is 0. The van der Waals surface area contributed by atoms with Crippen molar-refractivity contribution in [2.75, 3.05) is 0 Å². The fraction of sp³-hybridized carbons (Fsp3) is 0.533. The first kappa shape index (κ1) is 15.8. The van der Waals surface area contributed by atoms with Gasteiger partial charge in [0.15, 0.2) is 0 Å². The van der Waals surface area contributed by atoms with Crippen LogP contribution < -0.4 is 0 Å². The molecule has 3 nitrogen and oxygen atoms in total. The van der Waals surface area contributed by atoms with Crippen LogP contribution in [0.5, 0.6) is 5.75 Å². The molecule has 0 bridgehead atoms. The third kappa shape index (κ3) is 4.13. The van der Waals surface area contributed by atoms with Gasteiger partial charge in [-0.15, -0.1) is 0 Å². The second-order valence-corrected chi connectivity index (χ2v) is 7.17. The number of phenolic OH excluding ortho intramolecular Hbond substituents is 1. The molecule has 0 fully saturated rings. The summed E-state index contributed by atoms with van der Waals surface area (Å²) in [5, 5.41) is 21.7. The van der Waals surface area contributed by atoms with E-state index in [1.807, 2.05) is 6.07 Å². The maximum absolute atomic E-state index is 9.82. The molecule has 0 amide bonds. The molecule has 1 aromatic rings. The quantitative estimate of drug-likeness (QED) is 0.485. The molecule has 1 rings (SSSR count). The van der Waals surface area contributed by atoms with Gasteiger partial charge in [-0.05, 0) is 34.9 Å². The Hall–Kier alpha value is -1.22. The van der Waals surface area contributed by atoms with Crippen molar-refractivity contribution in [2.45, 2.75) is 46.5 Å². The van der Waals surface area contributed by atoms with Gasteiger partial charge < -0.3 is 10.3 Å². The van der Waals surface area contributed by atoms with Gasteiger partial charge in [-0.25, -0.2) is 0 Å². The summed E-state index contributed by atoms with van der Waals surface area (Å²) in [5.41, 5.74) is 1.53. The number of nitrogens with zero attached hydrogens (tertiary/aromatic N) is 1. The molecule has 0 unspecified atom stereocenters. The highest BCUT2D eigenvalue weighted by molar-refractivity contribution is 6.32. The van der Waals surface area contributed by atoms with Gasteiger partial charge in [-0.3, -0.25) is 0 Å². The summed E-state index contributed by atoms with van der Waals surface area (Å²) in [6.45, 7) is 10.8. The van der Waals surface area contributed by atoms with Gasteiger partial charge in [0, 0.05) is 5.56 Å². The van der Waals surface area contributed by atoms with Crippen LogP contribution in [0.4, 0.5) is 0 Å². The topological polar surface area (TPSA) is 52.8 Å². The molecular formula is C15H22ClNO2. The largest absolute Gasteiger partial charge is 0.506 e. The summed E-state index contributed by atoms with van der Waals surface area (Å²) in [7, 11) is 0. The van der Waals surface area contributed by atoms with Gasteiger partial charge >= 0.3 is 0 Å². The standard InChI is InChI=1S/C15H22ClNO2/c1-14(2,3)9-15(4,5)11-6-10(8-17-19)13(18)12(16)7-11/h6-8,18-19H,9H2,1-5H3. The van der Waals surface area contributed by atoms with Crippen LogP contribution in [-0.4, -0.2) is 16.5 Å². The van der Waals surface area contributed by atoms with E-state index in [-0.39, 0.29) is 21.6 Å².